The highest BCUT2D eigenvalue weighted by Gasteiger charge is 2.54. The minimum atomic E-state index is -0.660. The molecule has 0 aromatic carbocycles. The van der Waals surface area contributed by atoms with Gasteiger partial charge in [-0.3, -0.25) is 4.79 Å². The number of hydrogen-bond donors (Lipinski definition) is 2. The molecule has 0 aromatic rings. The van der Waals surface area contributed by atoms with Crippen LogP contribution >= 0.6 is 0 Å². The van der Waals surface area contributed by atoms with Crippen LogP contribution in [0.15, 0.2) is 11.6 Å². The van der Waals surface area contributed by atoms with Gasteiger partial charge in [0.15, 0.2) is 0 Å². The fourth-order valence-corrected chi connectivity index (χ4v) is 3.65. The molecule has 3 nitrogen and oxygen atoms in total. The zero-order valence-corrected chi connectivity index (χ0v) is 10.1. The monoisotopic (exact) mass is 223 g/mol. The van der Waals surface area contributed by atoms with Crippen LogP contribution in [-0.4, -0.2) is 24.7 Å². The van der Waals surface area contributed by atoms with Crippen LogP contribution in [0, 0.1) is 17.3 Å². The van der Waals surface area contributed by atoms with Crippen molar-refractivity contribution in [3.05, 3.63) is 11.6 Å². The maximum absolute atomic E-state index is 11.0. The maximum Gasteiger partial charge on any atom is 0.303 e. The molecule has 2 aliphatic carbocycles. The molecule has 2 rings (SSSR count). The van der Waals surface area contributed by atoms with Gasteiger partial charge < -0.3 is 10.4 Å². The molecule has 0 amide bonds. The van der Waals surface area contributed by atoms with Crippen LogP contribution in [0.4, 0.5) is 0 Å². The van der Waals surface area contributed by atoms with E-state index >= 15 is 0 Å². The Kier molecular flexibility index (Phi) is 3.06. The number of allylic oxidation sites excluding steroid dienone is 2. The lowest BCUT2D eigenvalue weighted by Crippen LogP contribution is -2.51. The van der Waals surface area contributed by atoms with Crippen molar-refractivity contribution in [2.75, 3.05) is 13.6 Å². The number of fused-ring (bicyclic) bond motifs is 1. The van der Waals surface area contributed by atoms with E-state index < -0.39 is 5.97 Å². The molecule has 90 valence electrons. The molecule has 3 atom stereocenters. The number of hydrogen-bond acceptors (Lipinski definition) is 2. The molecule has 3 heteroatoms. The molecule has 1 fully saturated rings. The summed E-state index contributed by atoms with van der Waals surface area (Å²) in [5, 5.41) is 12.2. The van der Waals surface area contributed by atoms with Gasteiger partial charge in [0.2, 0.25) is 0 Å². The van der Waals surface area contributed by atoms with Gasteiger partial charge in [0.1, 0.15) is 0 Å². The molecule has 0 radical (unpaired) electrons. The molecular formula is C13H21NO2. The second kappa shape index (κ2) is 4.21. The van der Waals surface area contributed by atoms with Gasteiger partial charge in [-0.2, -0.15) is 0 Å². The molecule has 0 aliphatic heterocycles. The maximum atomic E-state index is 11.0. The normalized spacial score (nSPS) is 36.5. The average Bonchev–Trinajstić information content (AvgIpc) is 2.55. The van der Waals surface area contributed by atoms with Crippen molar-refractivity contribution in [1.29, 1.82) is 0 Å². The Morgan fingerprint density at radius 2 is 2.44 bits per heavy atom. The van der Waals surface area contributed by atoms with Gasteiger partial charge in [0.05, 0.1) is 6.42 Å². The highest BCUT2D eigenvalue weighted by Crippen LogP contribution is 2.59. The van der Waals surface area contributed by atoms with E-state index in [4.69, 9.17) is 5.11 Å². The van der Waals surface area contributed by atoms with E-state index in [0.717, 1.165) is 25.3 Å². The van der Waals surface area contributed by atoms with Gasteiger partial charge in [-0.25, -0.2) is 0 Å². The van der Waals surface area contributed by atoms with Crippen LogP contribution in [0.2, 0.25) is 0 Å². The molecule has 2 aliphatic rings. The summed E-state index contributed by atoms with van der Waals surface area (Å²) in [6, 6.07) is 0. The molecule has 0 heterocycles. The Balaban J connectivity index is 2.11. The lowest BCUT2D eigenvalue weighted by atomic mass is 9.53. The van der Waals surface area contributed by atoms with E-state index in [1.165, 1.54) is 12.0 Å². The van der Waals surface area contributed by atoms with Crippen LogP contribution in [0.25, 0.3) is 0 Å². The lowest BCUT2D eigenvalue weighted by Gasteiger charge is -2.52. The molecule has 0 spiro atoms. The Hall–Kier alpha value is -0.830. The summed E-state index contributed by atoms with van der Waals surface area (Å²) >= 11 is 0. The molecule has 2 N–H and O–H groups in total. The number of carboxylic acid groups (broad SMARTS) is 1. The van der Waals surface area contributed by atoms with Crippen LogP contribution in [0.1, 0.15) is 32.6 Å². The molecule has 0 bridgehead atoms. The number of aliphatic carboxylic acids is 1. The van der Waals surface area contributed by atoms with Crippen molar-refractivity contribution >= 4 is 5.97 Å². The summed E-state index contributed by atoms with van der Waals surface area (Å²) in [5.41, 5.74) is 1.51. The van der Waals surface area contributed by atoms with Crippen molar-refractivity contribution in [1.82, 2.24) is 5.32 Å². The fourth-order valence-electron chi connectivity index (χ4n) is 3.65. The third kappa shape index (κ3) is 1.77. The highest BCUT2D eigenvalue weighted by atomic mass is 16.4. The summed E-state index contributed by atoms with van der Waals surface area (Å²) in [6.45, 7) is 3.02. The minimum Gasteiger partial charge on any atom is -0.481 e. The van der Waals surface area contributed by atoms with Crippen LogP contribution < -0.4 is 5.32 Å². The van der Waals surface area contributed by atoms with Gasteiger partial charge in [0.25, 0.3) is 0 Å². The quantitative estimate of drug-likeness (QED) is 0.701. The van der Waals surface area contributed by atoms with E-state index in [-0.39, 0.29) is 5.41 Å². The van der Waals surface area contributed by atoms with Crippen molar-refractivity contribution in [3.63, 3.8) is 0 Å². The number of carboxylic acids is 1. The van der Waals surface area contributed by atoms with Gasteiger partial charge in [0, 0.05) is 12.0 Å². The van der Waals surface area contributed by atoms with E-state index in [9.17, 15) is 4.79 Å². The molecule has 16 heavy (non-hydrogen) atoms. The Labute approximate surface area is 96.9 Å². The third-order valence-electron chi connectivity index (χ3n) is 4.31. The topological polar surface area (TPSA) is 49.3 Å². The summed E-state index contributed by atoms with van der Waals surface area (Å²) in [6.07, 6.45) is 6.06. The first-order valence-electron chi connectivity index (χ1n) is 6.17. The van der Waals surface area contributed by atoms with E-state index in [0.29, 0.717) is 12.3 Å². The average molecular weight is 223 g/mol. The van der Waals surface area contributed by atoms with Crippen molar-refractivity contribution in [2.45, 2.75) is 32.6 Å². The number of rotatable bonds is 5. The fraction of sp³-hybridized carbons (Fsp3) is 0.769. The standard InChI is InChI=1S/C13H21NO2/c1-3-9-4-10-6-13(8-14-2,7-12(15)16)11(10)5-9/h5,10-11,14H,3-4,6-8H2,1-2H3,(H,15,16)/t10-,11+,13+/m1/s1. The zero-order chi connectivity index (χ0) is 11.8. The van der Waals surface area contributed by atoms with Gasteiger partial charge in [-0.15, -0.1) is 0 Å². The molecule has 1 saturated carbocycles. The summed E-state index contributed by atoms with van der Waals surface area (Å²) < 4.78 is 0. The second-order valence-electron chi connectivity index (χ2n) is 5.34. The zero-order valence-electron chi connectivity index (χ0n) is 10.1. The first-order chi connectivity index (χ1) is 7.61. The molecule has 0 unspecified atom stereocenters. The van der Waals surface area contributed by atoms with E-state index in [1.54, 1.807) is 0 Å². The highest BCUT2D eigenvalue weighted by molar-refractivity contribution is 5.68. The molecule has 0 saturated heterocycles. The summed E-state index contributed by atoms with van der Waals surface area (Å²) in [5.74, 6) is 0.570. The Morgan fingerprint density at radius 3 is 3.00 bits per heavy atom. The Morgan fingerprint density at radius 1 is 1.69 bits per heavy atom. The third-order valence-corrected chi connectivity index (χ3v) is 4.31. The SMILES string of the molecule is CCC1=C[C@H]2[C@H](C1)C[C@@]2(CNC)CC(=O)O. The number of nitrogens with one attached hydrogen (secondary N) is 1. The van der Waals surface area contributed by atoms with Gasteiger partial charge >= 0.3 is 5.97 Å². The van der Waals surface area contributed by atoms with E-state index in [1.807, 2.05) is 7.05 Å². The summed E-state index contributed by atoms with van der Waals surface area (Å²) in [7, 11) is 1.91. The predicted molar refractivity (Wildman–Crippen MR) is 63.2 cm³/mol. The van der Waals surface area contributed by atoms with Crippen LogP contribution in [0.3, 0.4) is 0 Å². The van der Waals surface area contributed by atoms with Gasteiger partial charge in [-0.05, 0) is 38.1 Å². The molecule has 0 aromatic heterocycles. The van der Waals surface area contributed by atoms with Crippen molar-refractivity contribution in [3.8, 4) is 0 Å². The van der Waals surface area contributed by atoms with E-state index in [2.05, 4.69) is 18.3 Å². The smallest absolute Gasteiger partial charge is 0.303 e. The first kappa shape index (κ1) is 11.6. The van der Waals surface area contributed by atoms with Crippen LogP contribution in [-0.2, 0) is 4.79 Å². The first-order valence-corrected chi connectivity index (χ1v) is 6.17. The largest absolute Gasteiger partial charge is 0.481 e. The summed E-state index contributed by atoms with van der Waals surface area (Å²) in [4.78, 5) is 11.0. The minimum absolute atomic E-state index is 0.0117. The number of carbonyl (C=O) groups is 1. The Bertz CT molecular complexity index is 324. The van der Waals surface area contributed by atoms with Crippen molar-refractivity contribution in [2.24, 2.45) is 17.3 Å². The lowest BCUT2D eigenvalue weighted by molar-refractivity contribution is -0.144. The van der Waals surface area contributed by atoms with Gasteiger partial charge in [-0.1, -0.05) is 18.6 Å². The predicted octanol–water partition coefficient (Wildman–Crippen LogP) is 2.04. The van der Waals surface area contributed by atoms with Crippen LogP contribution in [0.5, 0.6) is 0 Å². The molecular weight excluding hydrogens is 202 g/mol. The van der Waals surface area contributed by atoms with Crippen molar-refractivity contribution < 1.29 is 9.90 Å². The second-order valence-corrected chi connectivity index (χ2v) is 5.34.